The Kier molecular flexibility index (Phi) is 2.69. The van der Waals surface area contributed by atoms with Crippen LogP contribution < -0.4 is 0 Å². The molecule has 0 aromatic rings. The van der Waals surface area contributed by atoms with Gasteiger partial charge in [0.2, 0.25) is 0 Å². The molecule has 0 aromatic heterocycles. The first kappa shape index (κ1) is 10.8. The number of ether oxygens (including phenoxy) is 1. The van der Waals surface area contributed by atoms with Crippen LogP contribution in [-0.4, -0.2) is 40.8 Å². The molecule has 1 heterocycles. The highest BCUT2D eigenvalue weighted by Gasteiger charge is 2.37. The molecule has 5 heteroatoms. The number of carboxylic acid groups (broad SMARTS) is 1. The number of hydrogen-bond acceptors (Lipinski definition) is 3. The van der Waals surface area contributed by atoms with Crippen LogP contribution in [0, 0.1) is 5.92 Å². The Morgan fingerprint density at radius 3 is 2.57 bits per heavy atom. The van der Waals surface area contributed by atoms with E-state index >= 15 is 0 Å². The molecule has 1 amide bonds. The van der Waals surface area contributed by atoms with Gasteiger partial charge in [-0.25, -0.2) is 4.79 Å². The van der Waals surface area contributed by atoms with E-state index in [1.807, 2.05) is 20.8 Å². The number of amides is 1. The summed E-state index contributed by atoms with van der Waals surface area (Å²) in [4.78, 5) is 23.5. The normalized spacial score (nSPS) is 23.2. The van der Waals surface area contributed by atoms with Gasteiger partial charge in [0.05, 0.1) is 0 Å². The highest BCUT2D eigenvalue weighted by molar-refractivity contribution is 5.75. The Balaban J connectivity index is 2.74. The second-order valence-electron chi connectivity index (χ2n) is 4.39. The fraction of sp³-hybridized carbons (Fsp3) is 0.778. The predicted octanol–water partition coefficient (Wildman–Crippen LogP) is 0.938. The minimum Gasteiger partial charge on any atom is -0.481 e. The quantitative estimate of drug-likeness (QED) is 0.685. The summed E-state index contributed by atoms with van der Waals surface area (Å²) in [6.45, 7) is 5.73. The number of carbonyl (C=O) groups excluding carboxylic acids is 1. The van der Waals surface area contributed by atoms with Crippen LogP contribution in [0.2, 0.25) is 0 Å². The molecule has 5 nitrogen and oxygen atoms in total. The fourth-order valence-electron chi connectivity index (χ4n) is 1.29. The number of carboxylic acids is 1. The molecule has 1 saturated heterocycles. The minimum absolute atomic E-state index is 0.0270. The fourth-order valence-corrected chi connectivity index (χ4v) is 1.29. The molecule has 1 aliphatic heterocycles. The van der Waals surface area contributed by atoms with Crippen molar-refractivity contribution in [2.75, 3.05) is 13.2 Å². The van der Waals surface area contributed by atoms with Crippen molar-refractivity contribution in [3.05, 3.63) is 0 Å². The third kappa shape index (κ3) is 2.16. The third-order valence-corrected chi connectivity index (χ3v) is 2.19. The first-order valence-corrected chi connectivity index (χ1v) is 4.49. The number of cyclic esters (lactones) is 1. The highest BCUT2D eigenvalue weighted by atomic mass is 16.6. The Morgan fingerprint density at radius 1 is 1.57 bits per heavy atom. The summed E-state index contributed by atoms with van der Waals surface area (Å²) in [5, 5.41) is 8.79. The maximum Gasteiger partial charge on any atom is 0.410 e. The van der Waals surface area contributed by atoms with Gasteiger partial charge in [0.1, 0.15) is 12.5 Å². The van der Waals surface area contributed by atoms with E-state index in [1.165, 1.54) is 4.90 Å². The lowest BCUT2D eigenvalue weighted by molar-refractivity contribution is -0.146. The largest absolute Gasteiger partial charge is 0.481 e. The second-order valence-corrected chi connectivity index (χ2v) is 4.39. The number of carbonyl (C=O) groups is 2. The van der Waals surface area contributed by atoms with Crippen LogP contribution in [0.4, 0.5) is 4.79 Å². The summed E-state index contributed by atoms with van der Waals surface area (Å²) < 4.78 is 4.80. The topological polar surface area (TPSA) is 66.8 Å². The first-order chi connectivity index (χ1) is 6.32. The molecule has 80 valence electrons. The molecule has 0 radical (unpaired) electrons. The van der Waals surface area contributed by atoms with E-state index in [0.717, 1.165) is 0 Å². The molecule has 14 heavy (non-hydrogen) atoms. The summed E-state index contributed by atoms with van der Waals surface area (Å²) in [6, 6.07) is 0. The zero-order valence-electron chi connectivity index (χ0n) is 8.61. The van der Waals surface area contributed by atoms with E-state index in [9.17, 15) is 9.59 Å². The summed E-state index contributed by atoms with van der Waals surface area (Å²) >= 11 is 0. The molecule has 1 rings (SSSR count). The smallest absolute Gasteiger partial charge is 0.410 e. The van der Waals surface area contributed by atoms with E-state index < -0.39 is 23.5 Å². The Morgan fingerprint density at radius 2 is 2.14 bits per heavy atom. The standard InChI is InChI=1S/C9H15NO4/c1-9(2,3)10-4-6(7(11)12)5-14-8(10)13/h6H,4-5H2,1-3H3,(H,11,12). The molecule has 0 aliphatic carbocycles. The van der Waals surface area contributed by atoms with Gasteiger partial charge in [-0.1, -0.05) is 0 Å². The zero-order chi connectivity index (χ0) is 10.9. The van der Waals surface area contributed by atoms with Crippen molar-refractivity contribution in [3.8, 4) is 0 Å². The van der Waals surface area contributed by atoms with Crippen molar-refractivity contribution in [1.82, 2.24) is 4.90 Å². The molecule has 0 bridgehead atoms. The van der Waals surface area contributed by atoms with Crippen LogP contribution in [0.3, 0.4) is 0 Å². The van der Waals surface area contributed by atoms with Gasteiger partial charge in [0.15, 0.2) is 0 Å². The Hall–Kier alpha value is -1.26. The van der Waals surface area contributed by atoms with E-state index in [-0.39, 0.29) is 13.2 Å². The van der Waals surface area contributed by atoms with Crippen LogP contribution in [0.5, 0.6) is 0 Å². The summed E-state index contributed by atoms with van der Waals surface area (Å²) in [7, 11) is 0. The summed E-state index contributed by atoms with van der Waals surface area (Å²) in [5.74, 6) is -1.54. The maximum atomic E-state index is 11.3. The van der Waals surface area contributed by atoms with Gasteiger partial charge in [-0.3, -0.25) is 4.79 Å². The molecule has 1 unspecified atom stereocenters. The Labute approximate surface area is 82.6 Å². The summed E-state index contributed by atoms with van der Waals surface area (Å²) in [6.07, 6.45) is -0.435. The van der Waals surface area contributed by atoms with Crippen molar-refractivity contribution < 1.29 is 19.4 Å². The molecular formula is C9H15NO4. The highest BCUT2D eigenvalue weighted by Crippen LogP contribution is 2.21. The average molecular weight is 201 g/mol. The van der Waals surface area contributed by atoms with Gasteiger partial charge in [-0.05, 0) is 20.8 Å². The van der Waals surface area contributed by atoms with Crippen molar-refractivity contribution in [3.63, 3.8) is 0 Å². The SMILES string of the molecule is CC(C)(C)N1CC(C(=O)O)COC1=O. The molecule has 1 fully saturated rings. The van der Waals surface area contributed by atoms with Crippen molar-refractivity contribution in [2.45, 2.75) is 26.3 Å². The van der Waals surface area contributed by atoms with Crippen LogP contribution >= 0.6 is 0 Å². The van der Waals surface area contributed by atoms with Gasteiger partial charge >= 0.3 is 12.1 Å². The van der Waals surface area contributed by atoms with E-state index in [4.69, 9.17) is 9.84 Å². The Bertz CT molecular complexity index is 256. The van der Waals surface area contributed by atoms with E-state index in [1.54, 1.807) is 0 Å². The molecule has 1 N–H and O–H groups in total. The van der Waals surface area contributed by atoms with E-state index in [2.05, 4.69) is 0 Å². The van der Waals surface area contributed by atoms with Gasteiger partial charge in [-0.15, -0.1) is 0 Å². The molecule has 1 atom stereocenters. The van der Waals surface area contributed by atoms with Crippen molar-refractivity contribution in [2.24, 2.45) is 5.92 Å². The van der Waals surface area contributed by atoms with Crippen LogP contribution in [0.1, 0.15) is 20.8 Å². The van der Waals surface area contributed by atoms with Gasteiger partial charge in [-0.2, -0.15) is 0 Å². The van der Waals surface area contributed by atoms with E-state index in [0.29, 0.717) is 0 Å². The predicted molar refractivity (Wildman–Crippen MR) is 48.9 cm³/mol. The average Bonchev–Trinajstić information content (AvgIpc) is 2.02. The second kappa shape index (κ2) is 3.48. The number of nitrogens with zero attached hydrogens (tertiary/aromatic N) is 1. The molecular weight excluding hydrogens is 186 g/mol. The third-order valence-electron chi connectivity index (χ3n) is 2.19. The molecule has 0 saturated carbocycles. The van der Waals surface area contributed by atoms with Crippen molar-refractivity contribution >= 4 is 12.1 Å². The van der Waals surface area contributed by atoms with Crippen LogP contribution in [0.15, 0.2) is 0 Å². The lowest BCUT2D eigenvalue weighted by atomic mass is 10.0. The number of aliphatic carboxylic acids is 1. The number of rotatable bonds is 1. The first-order valence-electron chi connectivity index (χ1n) is 4.49. The zero-order valence-corrected chi connectivity index (χ0v) is 8.61. The summed E-state index contributed by atoms with van der Waals surface area (Å²) in [5.41, 5.74) is -0.398. The minimum atomic E-state index is -0.924. The van der Waals surface area contributed by atoms with Gasteiger partial charge in [0.25, 0.3) is 0 Å². The van der Waals surface area contributed by atoms with Crippen LogP contribution in [0.25, 0.3) is 0 Å². The maximum absolute atomic E-state index is 11.3. The van der Waals surface area contributed by atoms with Crippen molar-refractivity contribution in [1.29, 1.82) is 0 Å². The molecule has 0 spiro atoms. The van der Waals surface area contributed by atoms with Gasteiger partial charge < -0.3 is 14.7 Å². The monoisotopic (exact) mass is 201 g/mol. The van der Waals surface area contributed by atoms with Gasteiger partial charge in [0, 0.05) is 12.1 Å². The number of hydrogen-bond donors (Lipinski definition) is 1. The molecule has 0 aromatic carbocycles. The van der Waals surface area contributed by atoms with Crippen LogP contribution in [-0.2, 0) is 9.53 Å². The molecule has 1 aliphatic rings. The lowest BCUT2D eigenvalue weighted by Gasteiger charge is -2.39. The lowest BCUT2D eigenvalue weighted by Crippen LogP contribution is -2.53.